The van der Waals surface area contributed by atoms with Crippen molar-refractivity contribution in [2.24, 2.45) is 23.7 Å². The van der Waals surface area contributed by atoms with Crippen molar-refractivity contribution >= 4 is 41.9 Å². The summed E-state index contributed by atoms with van der Waals surface area (Å²) in [6.45, 7) is 4.58. The first kappa shape index (κ1) is 28.6. The van der Waals surface area contributed by atoms with Crippen LogP contribution in [0.4, 0.5) is 0 Å². The number of phenols is 1. The highest BCUT2D eigenvalue weighted by Crippen LogP contribution is 2.52. The second kappa shape index (κ2) is 12.0. The fourth-order valence-electron chi connectivity index (χ4n) is 6.91. The molecule has 2 aromatic heterocycles. The van der Waals surface area contributed by atoms with Gasteiger partial charge >= 0.3 is 7.12 Å². The molecule has 1 aromatic carbocycles. The largest absolute Gasteiger partial charge is 0.508 e. The van der Waals surface area contributed by atoms with Gasteiger partial charge in [-0.25, -0.2) is 0 Å². The van der Waals surface area contributed by atoms with Gasteiger partial charge < -0.3 is 14.8 Å². The molecule has 2 aliphatic heterocycles. The highest BCUT2D eigenvalue weighted by molar-refractivity contribution is 7.09. The predicted octanol–water partition coefficient (Wildman–Crippen LogP) is 5.82. The molecule has 0 bridgehead atoms. The number of imide groups is 1. The summed E-state index contributed by atoms with van der Waals surface area (Å²) in [6.07, 6.45) is 5.54. The summed E-state index contributed by atoms with van der Waals surface area (Å²) in [5.41, 5.74) is 5.08. The summed E-state index contributed by atoms with van der Waals surface area (Å²) in [6, 6.07) is 16.7. The number of phenolic OH excluding ortho intramolecular Hbond substituents is 1. The Morgan fingerprint density at radius 3 is 2.62 bits per heavy atom. The van der Waals surface area contributed by atoms with Crippen LogP contribution in [-0.2, 0) is 20.8 Å². The van der Waals surface area contributed by atoms with Crippen LogP contribution < -0.4 is 0 Å². The van der Waals surface area contributed by atoms with Crippen LogP contribution in [0.2, 0.25) is 6.32 Å². The predicted molar refractivity (Wildman–Crippen MR) is 164 cm³/mol. The molecule has 6 rings (SSSR count). The Balaban J connectivity index is 1.31. The average molecular weight is 583 g/mol. The van der Waals surface area contributed by atoms with E-state index in [-0.39, 0.29) is 35.5 Å². The zero-order valence-electron chi connectivity index (χ0n) is 23.8. The lowest BCUT2D eigenvalue weighted by molar-refractivity contribution is -0.140. The lowest BCUT2D eigenvalue weighted by Gasteiger charge is -2.44. The lowest BCUT2D eigenvalue weighted by Crippen LogP contribution is -2.46. The Bertz CT molecular complexity index is 1500. The Labute approximate surface area is 250 Å². The van der Waals surface area contributed by atoms with Crippen LogP contribution in [0.25, 0.3) is 11.6 Å². The maximum atomic E-state index is 13.8. The third-order valence-corrected chi connectivity index (χ3v) is 9.69. The molecule has 42 heavy (non-hydrogen) atoms. The van der Waals surface area contributed by atoms with Gasteiger partial charge in [0.1, 0.15) is 5.75 Å². The quantitative estimate of drug-likeness (QED) is 0.197. The van der Waals surface area contributed by atoms with E-state index in [1.54, 1.807) is 29.7 Å². The second-order valence-electron chi connectivity index (χ2n) is 11.7. The Kier molecular flexibility index (Phi) is 8.16. The van der Waals surface area contributed by atoms with Crippen LogP contribution in [0.5, 0.6) is 5.75 Å². The van der Waals surface area contributed by atoms with Crippen molar-refractivity contribution in [3.8, 4) is 5.75 Å². The third-order valence-electron chi connectivity index (χ3n) is 8.83. The fraction of sp³-hybridized carbons (Fsp3) is 0.364. The van der Waals surface area contributed by atoms with Gasteiger partial charge in [0.2, 0.25) is 11.8 Å². The van der Waals surface area contributed by atoms with Crippen molar-refractivity contribution in [1.82, 2.24) is 9.88 Å². The van der Waals surface area contributed by atoms with E-state index in [4.69, 9.17) is 4.65 Å². The van der Waals surface area contributed by atoms with Crippen molar-refractivity contribution in [3.63, 3.8) is 0 Å². The molecule has 7 nitrogen and oxygen atoms in total. The number of hydrogen-bond acceptors (Lipinski definition) is 7. The lowest BCUT2D eigenvalue weighted by atomic mass is 9.57. The molecule has 4 atom stereocenters. The molecule has 4 heterocycles. The molecule has 2 fully saturated rings. The summed E-state index contributed by atoms with van der Waals surface area (Å²) in [7, 11) is -1.01. The number of carbonyl (C=O) groups excluding carboxylic acids is 2. The number of carbonyl (C=O) groups is 2. The standard InChI is InChI=1S/C33H35BN2O5S/c1-20(2)25-17-26-31(33(39)36(32(26)38)19-24-6-5-15-42-24)27-18-34(40)41-29(30(25)27)13-10-22(28-7-3-4-14-35-28)16-21-8-11-23(37)12-9-21/h3-9,11-12,14-16,20,26-27,29,31,37,40H,10,13,17-19H2,1-2H3/b22-16-/t26-,27+,29-,31-/m1/s1. The van der Waals surface area contributed by atoms with Crippen molar-refractivity contribution in [2.75, 3.05) is 0 Å². The number of benzene rings is 1. The number of aromatic nitrogens is 1. The van der Waals surface area contributed by atoms with Gasteiger partial charge in [-0.1, -0.05) is 43.7 Å². The second-order valence-corrected chi connectivity index (χ2v) is 12.8. The van der Waals surface area contributed by atoms with E-state index in [0.717, 1.165) is 27.3 Å². The van der Waals surface area contributed by atoms with Gasteiger partial charge in [0, 0.05) is 11.1 Å². The van der Waals surface area contributed by atoms with Crippen molar-refractivity contribution < 1.29 is 24.4 Å². The van der Waals surface area contributed by atoms with Crippen LogP contribution in [0.1, 0.15) is 49.2 Å². The number of thiophene rings is 1. The van der Waals surface area contributed by atoms with Gasteiger partial charge in [-0.15, -0.1) is 11.3 Å². The zero-order valence-corrected chi connectivity index (χ0v) is 24.7. The molecule has 0 spiro atoms. The molecule has 0 saturated carbocycles. The third kappa shape index (κ3) is 5.61. The summed E-state index contributed by atoms with van der Waals surface area (Å²) < 4.78 is 6.22. The van der Waals surface area contributed by atoms with Crippen molar-refractivity contribution in [1.29, 1.82) is 0 Å². The van der Waals surface area contributed by atoms with Gasteiger partial charge in [-0.05, 0) is 95.9 Å². The molecule has 2 N–H and O–H groups in total. The first-order chi connectivity index (χ1) is 20.3. The molecule has 1 aliphatic carbocycles. The van der Waals surface area contributed by atoms with Crippen molar-refractivity contribution in [2.45, 2.75) is 52.1 Å². The highest BCUT2D eigenvalue weighted by Gasteiger charge is 2.57. The number of fused-ring (bicyclic) bond motifs is 3. The number of amides is 2. The maximum Gasteiger partial charge on any atom is 0.455 e. The number of aromatic hydroxyl groups is 1. The normalized spacial score (nSPS) is 24.4. The average Bonchev–Trinajstić information content (AvgIpc) is 3.58. The number of rotatable bonds is 8. The molecule has 0 unspecified atom stereocenters. The van der Waals surface area contributed by atoms with Crippen LogP contribution in [0, 0.1) is 23.7 Å². The van der Waals surface area contributed by atoms with Crippen LogP contribution in [0.3, 0.4) is 0 Å². The van der Waals surface area contributed by atoms with Crippen LogP contribution >= 0.6 is 11.3 Å². The van der Waals surface area contributed by atoms with E-state index in [1.807, 2.05) is 47.8 Å². The summed E-state index contributed by atoms with van der Waals surface area (Å²) in [5, 5.41) is 22.6. The zero-order chi connectivity index (χ0) is 29.4. The molecule has 2 amide bonds. The number of hydrogen-bond donors (Lipinski definition) is 2. The molecule has 0 radical (unpaired) electrons. The minimum atomic E-state index is -1.01. The number of likely N-dealkylation sites (tertiary alicyclic amines) is 1. The van der Waals surface area contributed by atoms with E-state index in [9.17, 15) is 19.7 Å². The monoisotopic (exact) mass is 582 g/mol. The number of allylic oxidation sites excluding steroid dienone is 2. The summed E-state index contributed by atoms with van der Waals surface area (Å²) in [4.78, 5) is 34.5. The van der Waals surface area contributed by atoms with Gasteiger partial charge in [0.15, 0.2) is 0 Å². The molecule has 3 aliphatic rings. The minimum Gasteiger partial charge on any atom is -0.508 e. The van der Waals surface area contributed by atoms with E-state index in [0.29, 0.717) is 32.1 Å². The Morgan fingerprint density at radius 1 is 1.12 bits per heavy atom. The molecule has 9 heteroatoms. The van der Waals surface area contributed by atoms with Gasteiger partial charge in [0.05, 0.1) is 30.2 Å². The van der Waals surface area contributed by atoms with Crippen LogP contribution in [-0.4, -0.2) is 45.1 Å². The summed E-state index contributed by atoms with van der Waals surface area (Å²) in [5.74, 6) is -0.937. The first-order valence-corrected chi connectivity index (χ1v) is 15.5. The SMILES string of the molecule is CC(C)C1=C2[C@@H](CC/C(=C/c3ccc(O)cc3)c3ccccn3)OB(O)C[C@@H]2[C@@H]2C(=O)N(Cc3cccs3)C(=O)[C@@H]2C1. The maximum absolute atomic E-state index is 13.8. The first-order valence-electron chi connectivity index (χ1n) is 14.6. The smallest absolute Gasteiger partial charge is 0.455 e. The molecule has 3 aromatic rings. The summed E-state index contributed by atoms with van der Waals surface area (Å²) >= 11 is 1.55. The molecular weight excluding hydrogens is 547 g/mol. The highest BCUT2D eigenvalue weighted by atomic mass is 32.1. The fourth-order valence-corrected chi connectivity index (χ4v) is 7.61. The van der Waals surface area contributed by atoms with E-state index in [2.05, 4.69) is 24.9 Å². The van der Waals surface area contributed by atoms with Gasteiger partial charge in [-0.3, -0.25) is 19.5 Å². The molecule has 216 valence electrons. The van der Waals surface area contributed by atoms with E-state index in [1.165, 1.54) is 10.5 Å². The van der Waals surface area contributed by atoms with Crippen molar-refractivity contribution in [3.05, 3.63) is 93.5 Å². The molecule has 2 saturated heterocycles. The Morgan fingerprint density at radius 2 is 1.93 bits per heavy atom. The van der Waals surface area contributed by atoms with E-state index < -0.39 is 19.0 Å². The number of nitrogens with zero attached hydrogens (tertiary/aromatic N) is 2. The van der Waals surface area contributed by atoms with E-state index >= 15 is 0 Å². The van der Waals surface area contributed by atoms with Gasteiger partial charge in [0.25, 0.3) is 0 Å². The minimum absolute atomic E-state index is 0.0950. The molecular formula is C33H35BN2O5S. The number of pyridine rings is 1. The van der Waals surface area contributed by atoms with Gasteiger partial charge in [-0.2, -0.15) is 0 Å². The topological polar surface area (TPSA) is 100.0 Å². The van der Waals surface area contributed by atoms with Crippen LogP contribution in [0.15, 0.2) is 77.3 Å². The Hall–Kier alpha value is -3.53.